The molecule has 2 rings (SSSR count). The molecule has 1 aromatic heterocycles. The maximum Gasteiger partial charge on any atom is 0.227 e. The largest absolute Gasteiger partial charge is 0.497 e. The molecule has 0 unspecified atom stereocenters. The summed E-state index contributed by atoms with van der Waals surface area (Å²) >= 11 is 3.40. The number of aromatic nitrogens is 2. The second-order valence-corrected chi connectivity index (χ2v) is 4.26. The van der Waals surface area contributed by atoms with E-state index in [-0.39, 0.29) is 0 Å². The molecule has 0 amide bonds. The lowest BCUT2D eigenvalue weighted by Crippen LogP contribution is -1.98. The molecule has 1 heterocycles. The number of benzene rings is 1. The molecule has 0 atom stereocenters. The number of halogens is 1. The fraction of sp³-hybridized carbons (Fsp3) is 0.0909. The van der Waals surface area contributed by atoms with Gasteiger partial charge in [-0.05, 0) is 12.1 Å². The molecule has 0 bridgehead atoms. The predicted molar refractivity (Wildman–Crippen MR) is 70.4 cm³/mol. The molecule has 5 nitrogen and oxygen atoms in total. The van der Waals surface area contributed by atoms with Crippen molar-refractivity contribution in [3.63, 3.8) is 0 Å². The second-order valence-electron chi connectivity index (χ2n) is 3.34. The van der Waals surface area contributed by atoms with Gasteiger partial charge in [0.05, 0.1) is 25.2 Å². The van der Waals surface area contributed by atoms with Crippen molar-refractivity contribution in [1.29, 1.82) is 0 Å². The van der Waals surface area contributed by atoms with Crippen LogP contribution in [0.15, 0.2) is 35.1 Å². The Hall–Kier alpha value is -1.82. The summed E-state index contributed by atoms with van der Waals surface area (Å²) in [6, 6.07) is 5.63. The first-order valence-corrected chi connectivity index (χ1v) is 5.66. The first-order valence-electron chi connectivity index (χ1n) is 4.86. The second kappa shape index (κ2) is 5.01. The zero-order chi connectivity index (χ0) is 12.3. The lowest BCUT2D eigenvalue weighted by Gasteiger charge is -2.07. The number of nitrogen functional groups attached to an aromatic ring is 1. The van der Waals surface area contributed by atoms with Gasteiger partial charge in [-0.2, -0.15) is 0 Å². The molecule has 6 heteroatoms. The SMILES string of the molecule is COc1cc(Br)cc(Nc2ncc(N)cn2)c1. The number of methoxy groups -OCH3 is 1. The molecule has 3 N–H and O–H groups in total. The van der Waals surface area contributed by atoms with Crippen LogP contribution >= 0.6 is 15.9 Å². The molecule has 0 radical (unpaired) electrons. The highest BCUT2D eigenvalue weighted by Crippen LogP contribution is 2.25. The third kappa shape index (κ3) is 3.07. The van der Waals surface area contributed by atoms with Crippen molar-refractivity contribution >= 4 is 33.3 Å². The Morgan fingerprint density at radius 3 is 2.59 bits per heavy atom. The first-order chi connectivity index (χ1) is 8.17. The lowest BCUT2D eigenvalue weighted by atomic mass is 10.3. The quantitative estimate of drug-likeness (QED) is 0.910. The van der Waals surface area contributed by atoms with Crippen LogP contribution in [-0.4, -0.2) is 17.1 Å². The molecule has 88 valence electrons. The molecule has 17 heavy (non-hydrogen) atoms. The number of nitrogens with two attached hydrogens (primary N) is 1. The van der Waals surface area contributed by atoms with Gasteiger partial charge >= 0.3 is 0 Å². The smallest absolute Gasteiger partial charge is 0.227 e. The van der Waals surface area contributed by atoms with Gasteiger partial charge in [-0.15, -0.1) is 0 Å². The molecule has 0 aliphatic heterocycles. The van der Waals surface area contributed by atoms with Crippen LogP contribution in [-0.2, 0) is 0 Å². The van der Waals surface area contributed by atoms with Gasteiger partial charge in [-0.25, -0.2) is 9.97 Å². The molecule has 0 saturated heterocycles. The van der Waals surface area contributed by atoms with Crippen molar-refractivity contribution in [2.75, 3.05) is 18.2 Å². The number of ether oxygens (including phenoxy) is 1. The van der Waals surface area contributed by atoms with E-state index in [9.17, 15) is 0 Å². The van der Waals surface area contributed by atoms with Gasteiger partial charge in [0.25, 0.3) is 0 Å². The summed E-state index contributed by atoms with van der Waals surface area (Å²) in [5.41, 5.74) is 6.87. The Labute approximate surface area is 107 Å². The number of nitrogens with one attached hydrogen (secondary N) is 1. The Morgan fingerprint density at radius 2 is 1.94 bits per heavy atom. The molecule has 0 aliphatic carbocycles. The summed E-state index contributed by atoms with van der Waals surface area (Å²) in [7, 11) is 1.62. The Morgan fingerprint density at radius 1 is 1.24 bits per heavy atom. The van der Waals surface area contributed by atoms with Crippen LogP contribution < -0.4 is 15.8 Å². The Kier molecular flexibility index (Phi) is 3.43. The minimum Gasteiger partial charge on any atom is -0.497 e. The van der Waals surface area contributed by atoms with Crippen LogP contribution in [0.4, 0.5) is 17.3 Å². The molecule has 2 aromatic rings. The van der Waals surface area contributed by atoms with E-state index < -0.39 is 0 Å². The zero-order valence-electron chi connectivity index (χ0n) is 9.14. The van der Waals surface area contributed by atoms with E-state index in [0.29, 0.717) is 11.6 Å². The summed E-state index contributed by atoms with van der Waals surface area (Å²) in [4.78, 5) is 8.11. The monoisotopic (exact) mass is 294 g/mol. The van der Waals surface area contributed by atoms with Gasteiger partial charge in [0.2, 0.25) is 5.95 Å². The van der Waals surface area contributed by atoms with Gasteiger partial charge < -0.3 is 15.8 Å². The first kappa shape index (κ1) is 11.7. The van der Waals surface area contributed by atoms with Crippen molar-refractivity contribution in [1.82, 2.24) is 9.97 Å². The van der Waals surface area contributed by atoms with Crippen molar-refractivity contribution in [3.05, 3.63) is 35.1 Å². The fourth-order valence-corrected chi connectivity index (χ4v) is 1.76. The van der Waals surface area contributed by atoms with Crippen molar-refractivity contribution in [2.45, 2.75) is 0 Å². The van der Waals surface area contributed by atoms with Crippen molar-refractivity contribution < 1.29 is 4.74 Å². The number of hydrogen-bond acceptors (Lipinski definition) is 5. The van der Waals surface area contributed by atoms with Crippen LogP contribution in [0.2, 0.25) is 0 Å². The number of hydrogen-bond donors (Lipinski definition) is 2. The van der Waals surface area contributed by atoms with E-state index in [1.54, 1.807) is 19.5 Å². The van der Waals surface area contributed by atoms with E-state index in [4.69, 9.17) is 10.5 Å². The van der Waals surface area contributed by atoms with Crippen molar-refractivity contribution in [3.8, 4) is 5.75 Å². The van der Waals surface area contributed by atoms with Gasteiger partial charge in [-0.1, -0.05) is 15.9 Å². The van der Waals surface area contributed by atoms with Gasteiger partial charge in [0.1, 0.15) is 5.75 Å². The maximum atomic E-state index is 5.51. The average molecular weight is 295 g/mol. The van der Waals surface area contributed by atoms with Crippen LogP contribution in [0.3, 0.4) is 0 Å². The normalized spacial score (nSPS) is 10.0. The fourth-order valence-electron chi connectivity index (χ4n) is 1.28. The minimum atomic E-state index is 0.486. The van der Waals surface area contributed by atoms with Gasteiger partial charge in [0.15, 0.2) is 0 Å². The van der Waals surface area contributed by atoms with Crippen LogP contribution in [0.1, 0.15) is 0 Å². The number of nitrogens with zero attached hydrogens (tertiary/aromatic N) is 2. The molecule has 0 spiro atoms. The molecule has 0 saturated carbocycles. The van der Waals surface area contributed by atoms with E-state index in [1.165, 1.54) is 0 Å². The van der Waals surface area contributed by atoms with Crippen LogP contribution in [0.25, 0.3) is 0 Å². The zero-order valence-corrected chi connectivity index (χ0v) is 10.7. The van der Waals surface area contributed by atoms with Crippen LogP contribution in [0, 0.1) is 0 Å². The third-order valence-corrected chi connectivity index (χ3v) is 2.49. The highest BCUT2D eigenvalue weighted by molar-refractivity contribution is 9.10. The summed E-state index contributed by atoms with van der Waals surface area (Å²) in [6.45, 7) is 0. The molecule has 1 aromatic carbocycles. The predicted octanol–water partition coefficient (Wildman–Crippen LogP) is 2.57. The van der Waals surface area contributed by atoms with E-state index >= 15 is 0 Å². The topological polar surface area (TPSA) is 73.1 Å². The number of rotatable bonds is 3. The van der Waals surface area contributed by atoms with Gasteiger partial charge in [-0.3, -0.25) is 0 Å². The van der Waals surface area contributed by atoms with Crippen LogP contribution in [0.5, 0.6) is 5.75 Å². The van der Waals surface area contributed by atoms with E-state index in [2.05, 4.69) is 31.2 Å². The molecular formula is C11H11BrN4O. The molecular weight excluding hydrogens is 284 g/mol. The maximum absolute atomic E-state index is 5.51. The standard InChI is InChI=1S/C11H11BrN4O/c1-17-10-3-7(12)2-9(4-10)16-11-14-5-8(13)6-15-11/h2-6H,13H2,1H3,(H,14,15,16). The van der Waals surface area contributed by atoms with Gasteiger partial charge in [0, 0.05) is 16.2 Å². The van der Waals surface area contributed by atoms with E-state index in [0.717, 1.165) is 15.9 Å². The summed E-state index contributed by atoms with van der Waals surface area (Å²) in [5, 5.41) is 3.06. The van der Waals surface area contributed by atoms with E-state index in [1.807, 2.05) is 18.2 Å². The summed E-state index contributed by atoms with van der Waals surface area (Å²) in [6.07, 6.45) is 3.09. The summed E-state index contributed by atoms with van der Waals surface area (Å²) < 4.78 is 6.07. The lowest BCUT2D eigenvalue weighted by molar-refractivity contribution is 0.415. The highest BCUT2D eigenvalue weighted by atomic mass is 79.9. The average Bonchev–Trinajstić information content (AvgIpc) is 2.31. The highest BCUT2D eigenvalue weighted by Gasteiger charge is 2.01. The minimum absolute atomic E-state index is 0.486. The Bertz CT molecular complexity index is 515. The third-order valence-electron chi connectivity index (χ3n) is 2.03. The Balaban J connectivity index is 2.23. The number of anilines is 3. The molecule has 0 aliphatic rings. The van der Waals surface area contributed by atoms with Crippen molar-refractivity contribution in [2.24, 2.45) is 0 Å². The summed E-state index contributed by atoms with van der Waals surface area (Å²) in [5.74, 6) is 1.23. The molecule has 0 fully saturated rings.